The van der Waals surface area contributed by atoms with E-state index < -0.39 is 9.84 Å². The van der Waals surface area contributed by atoms with Crippen molar-refractivity contribution >= 4 is 21.6 Å². The third kappa shape index (κ3) is 4.11. The molecule has 0 bridgehead atoms. The molecular weight excluding hydrogens is 276 g/mol. The Morgan fingerprint density at radius 1 is 1.16 bits per heavy atom. The van der Waals surface area contributed by atoms with E-state index in [1.807, 2.05) is 20.1 Å². The molecule has 0 amide bonds. The average molecular weight is 294 g/mol. The van der Waals surface area contributed by atoms with Crippen LogP contribution in [0.4, 0.5) is 0 Å². The molecule has 0 unspecified atom stereocenters. The monoisotopic (exact) mass is 294 g/mol. The molecule has 0 aromatic heterocycles. The summed E-state index contributed by atoms with van der Waals surface area (Å²) < 4.78 is 24.8. The van der Waals surface area contributed by atoms with E-state index in [4.69, 9.17) is 0 Å². The van der Waals surface area contributed by atoms with E-state index in [0.717, 1.165) is 10.5 Å². The summed E-state index contributed by atoms with van der Waals surface area (Å²) in [5.74, 6) is 0. The molecule has 0 radical (unpaired) electrons. The Kier molecular flexibility index (Phi) is 5.63. The van der Waals surface area contributed by atoms with Crippen molar-refractivity contribution in [1.82, 2.24) is 0 Å². The third-order valence-corrected chi connectivity index (χ3v) is 5.02. The summed E-state index contributed by atoms with van der Waals surface area (Å²) in [5, 5.41) is 0. The van der Waals surface area contributed by atoms with E-state index >= 15 is 0 Å². The van der Waals surface area contributed by atoms with Crippen LogP contribution in [0.15, 0.2) is 69.3 Å². The molecule has 0 aliphatic rings. The topological polar surface area (TPSA) is 34.1 Å². The van der Waals surface area contributed by atoms with Gasteiger partial charge in [-0.15, -0.1) is 11.8 Å². The van der Waals surface area contributed by atoms with E-state index in [9.17, 15) is 8.42 Å². The van der Waals surface area contributed by atoms with Gasteiger partial charge in [0, 0.05) is 4.90 Å². The lowest BCUT2D eigenvalue weighted by atomic mass is 10.3. The number of hydrogen-bond acceptors (Lipinski definition) is 3. The quantitative estimate of drug-likeness (QED) is 0.602. The first-order valence-electron chi connectivity index (χ1n) is 5.78. The van der Waals surface area contributed by atoms with Crippen molar-refractivity contribution in [1.29, 1.82) is 0 Å². The zero-order chi connectivity index (χ0) is 14.5. The van der Waals surface area contributed by atoms with Crippen LogP contribution in [0.2, 0.25) is 0 Å². The summed E-state index contributed by atoms with van der Waals surface area (Å²) in [6.45, 7) is 7.41. The van der Waals surface area contributed by atoms with Crippen LogP contribution in [0, 0.1) is 0 Å². The van der Waals surface area contributed by atoms with E-state index in [-0.39, 0.29) is 4.91 Å². The molecule has 4 heteroatoms. The van der Waals surface area contributed by atoms with Crippen LogP contribution < -0.4 is 0 Å². The normalized spacial score (nSPS) is 12.1. The van der Waals surface area contributed by atoms with Gasteiger partial charge in [0.15, 0.2) is 0 Å². The van der Waals surface area contributed by atoms with Crippen molar-refractivity contribution in [2.75, 3.05) is 6.26 Å². The number of hydrogen-bond donors (Lipinski definition) is 0. The molecule has 1 aromatic rings. The Balaban J connectivity index is 3.24. The predicted molar refractivity (Wildman–Crippen MR) is 83.1 cm³/mol. The average Bonchev–Trinajstić information content (AvgIpc) is 2.39. The van der Waals surface area contributed by atoms with Crippen LogP contribution >= 0.6 is 11.8 Å². The fourth-order valence-electron chi connectivity index (χ4n) is 1.41. The van der Waals surface area contributed by atoms with Gasteiger partial charge in [-0.25, -0.2) is 8.42 Å². The van der Waals surface area contributed by atoms with Gasteiger partial charge in [-0.3, -0.25) is 0 Å². The minimum atomic E-state index is -3.48. The molecular formula is C15H18O2S2. The highest BCUT2D eigenvalue weighted by atomic mass is 32.2. The van der Waals surface area contributed by atoms with Gasteiger partial charge in [0.2, 0.25) is 9.84 Å². The fraction of sp³-hybridized carbons (Fsp3) is 0.200. The Morgan fingerprint density at radius 3 is 2.16 bits per heavy atom. The second-order valence-corrected chi connectivity index (χ2v) is 7.03. The molecule has 0 spiro atoms. The van der Waals surface area contributed by atoms with Crippen molar-refractivity contribution < 1.29 is 8.42 Å². The van der Waals surface area contributed by atoms with Crippen molar-refractivity contribution in [3.8, 4) is 0 Å². The largest absolute Gasteiger partial charge is 0.219 e. The van der Waals surface area contributed by atoms with Crippen LogP contribution in [0.3, 0.4) is 0 Å². The van der Waals surface area contributed by atoms with E-state index in [1.54, 1.807) is 48.2 Å². The standard InChI is InChI=1S/C15H18O2S2/c1-5-14(9-6-12(2)3)19(16,17)15-10-7-13(18-4)8-11-15/h5-11H,1H2,2-4H3/b14-9+. The molecule has 0 aliphatic heterocycles. The molecule has 0 aliphatic carbocycles. The van der Waals surface area contributed by atoms with Gasteiger partial charge >= 0.3 is 0 Å². The van der Waals surface area contributed by atoms with Gasteiger partial charge in [-0.2, -0.15) is 0 Å². The number of rotatable bonds is 5. The molecule has 102 valence electrons. The summed E-state index contributed by atoms with van der Waals surface area (Å²) in [6.07, 6.45) is 6.68. The molecule has 2 nitrogen and oxygen atoms in total. The minimum Gasteiger partial charge on any atom is -0.219 e. The molecule has 0 N–H and O–H groups in total. The number of sulfone groups is 1. The highest BCUT2D eigenvalue weighted by Gasteiger charge is 2.17. The van der Waals surface area contributed by atoms with Crippen molar-refractivity contribution in [2.45, 2.75) is 23.6 Å². The minimum absolute atomic E-state index is 0.214. The lowest BCUT2D eigenvalue weighted by Gasteiger charge is -2.05. The first-order chi connectivity index (χ1) is 8.91. The van der Waals surface area contributed by atoms with E-state index in [1.165, 1.54) is 6.08 Å². The van der Waals surface area contributed by atoms with Crippen molar-refractivity contribution in [2.24, 2.45) is 0 Å². The maximum Gasteiger partial charge on any atom is 0.206 e. The van der Waals surface area contributed by atoms with E-state index in [0.29, 0.717) is 4.90 Å². The van der Waals surface area contributed by atoms with Gasteiger partial charge in [0.25, 0.3) is 0 Å². The van der Waals surface area contributed by atoms with Crippen molar-refractivity contribution in [3.05, 3.63) is 59.6 Å². The van der Waals surface area contributed by atoms with Crippen LogP contribution in [0.25, 0.3) is 0 Å². The Labute approximate surface area is 119 Å². The summed E-state index contributed by atoms with van der Waals surface area (Å²) in [7, 11) is -3.48. The number of benzene rings is 1. The number of thioether (sulfide) groups is 1. The molecule has 0 saturated carbocycles. The van der Waals surface area contributed by atoms with Gasteiger partial charge in [-0.1, -0.05) is 24.3 Å². The van der Waals surface area contributed by atoms with Crippen LogP contribution in [-0.2, 0) is 9.84 Å². The fourth-order valence-corrected chi connectivity index (χ4v) is 3.05. The van der Waals surface area contributed by atoms with Crippen LogP contribution in [0.1, 0.15) is 13.8 Å². The molecule has 0 saturated heterocycles. The first kappa shape index (κ1) is 15.8. The Hall–Kier alpha value is -1.26. The summed E-state index contributed by atoms with van der Waals surface area (Å²) >= 11 is 1.58. The predicted octanol–water partition coefficient (Wildman–Crippen LogP) is 4.22. The van der Waals surface area contributed by atoms with Gasteiger partial charge < -0.3 is 0 Å². The molecule has 1 aromatic carbocycles. The number of allylic oxidation sites excluding steroid dienone is 4. The first-order valence-corrected chi connectivity index (χ1v) is 8.49. The molecule has 19 heavy (non-hydrogen) atoms. The smallest absolute Gasteiger partial charge is 0.206 e. The van der Waals surface area contributed by atoms with Crippen LogP contribution in [0.5, 0.6) is 0 Å². The summed E-state index contributed by atoms with van der Waals surface area (Å²) in [6, 6.07) is 6.86. The second kappa shape index (κ2) is 6.78. The Bertz CT molecular complexity index is 602. The molecule has 0 fully saturated rings. The van der Waals surface area contributed by atoms with Crippen molar-refractivity contribution in [3.63, 3.8) is 0 Å². The molecule has 0 atom stereocenters. The van der Waals surface area contributed by atoms with Gasteiger partial charge in [0.1, 0.15) is 0 Å². The highest BCUT2D eigenvalue weighted by molar-refractivity contribution is 7.98. The molecule has 1 rings (SSSR count). The maximum atomic E-state index is 12.4. The SMILES string of the molecule is C=C/C(=C\C=C(C)C)S(=O)(=O)c1ccc(SC)cc1. The molecule has 0 heterocycles. The summed E-state index contributed by atoms with van der Waals surface area (Å²) in [4.78, 5) is 1.54. The third-order valence-electron chi connectivity index (χ3n) is 2.46. The lowest BCUT2D eigenvalue weighted by molar-refractivity contribution is 0.603. The summed E-state index contributed by atoms with van der Waals surface area (Å²) in [5.41, 5.74) is 1.03. The van der Waals surface area contributed by atoms with Gasteiger partial charge in [0.05, 0.1) is 9.80 Å². The maximum absolute atomic E-state index is 12.4. The van der Waals surface area contributed by atoms with Crippen LogP contribution in [-0.4, -0.2) is 14.7 Å². The highest BCUT2D eigenvalue weighted by Crippen LogP contribution is 2.23. The second-order valence-electron chi connectivity index (χ2n) is 4.20. The zero-order valence-electron chi connectivity index (χ0n) is 11.4. The lowest BCUT2D eigenvalue weighted by Crippen LogP contribution is -2.02. The Morgan fingerprint density at radius 2 is 1.74 bits per heavy atom. The van der Waals surface area contributed by atoms with E-state index in [2.05, 4.69) is 6.58 Å². The van der Waals surface area contributed by atoms with Gasteiger partial charge in [-0.05, 0) is 50.4 Å². The zero-order valence-corrected chi connectivity index (χ0v) is 13.0.